The molecular weight excluding hydrogens is 516 g/mol. The first-order valence-electron chi connectivity index (χ1n) is 17.0. The molecule has 4 N–H and O–H groups in total. The van der Waals surface area contributed by atoms with Crippen LogP contribution in [0.1, 0.15) is 99.3 Å². The summed E-state index contributed by atoms with van der Waals surface area (Å²) in [6, 6.07) is 5.43. The van der Waals surface area contributed by atoms with Gasteiger partial charge in [0.05, 0.1) is 18.4 Å². The van der Waals surface area contributed by atoms with Crippen LogP contribution in [-0.2, 0) is 4.74 Å². The van der Waals surface area contributed by atoms with Gasteiger partial charge in [0.2, 0.25) is 0 Å². The van der Waals surface area contributed by atoms with Gasteiger partial charge in [-0.3, -0.25) is 0 Å². The molecule has 0 aliphatic heterocycles. The smallest absolute Gasteiger partial charge is 0.142 e. The number of nitrogens with two attached hydrogens (primary N) is 2. The van der Waals surface area contributed by atoms with Crippen LogP contribution < -0.4 is 16.2 Å². The number of hydrogen-bond donors (Lipinski definition) is 2. The summed E-state index contributed by atoms with van der Waals surface area (Å²) in [7, 11) is 0. The third-order valence-corrected chi connectivity index (χ3v) is 12.2. The van der Waals surface area contributed by atoms with Gasteiger partial charge in [-0.05, 0) is 122 Å². The number of rotatable bonds is 11. The predicted molar refractivity (Wildman–Crippen MR) is 177 cm³/mol. The topological polar surface area (TPSA) is 70.5 Å². The largest absolute Gasteiger partial charge is 0.491 e. The third-order valence-electron chi connectivity index (χ3n) is 12.2. The molecule has 1 aromatic carbocycles. The minimum Gasteiger partial charge on any atom is -0.491 e. The molecule has 0 bridgehead atoms. The molecule has 3 saturated carbocycles. The van der Waals surface area contributed by atoms with E-state index >= 15 is 0 Å². The summed E-state index contributed by atoms with van der Waals surface area (Å²) < 4.78 is 12.3. The summed E-state index contributed by atoms with van der Waals surface area (Å²) in [6.07, 6.45) is 21.5. The Bertz CT molecular complexity index is 1180. The number of hydrogen-bond acceptors (Lipinski definition) is 4. The molecule has 8 atom stereocenters. The zero-order chi connectivity index (χ0) is 30.1. The molecule has 0 saturated heterocycles. The number of benzene rings is 1. The molecule has 1 aromatic rings. The lowest BCUT2D eigenvalue weighted by atomic mass is 9.50. The van der Waals surface area contributed by atoms with Crippen molar-refractivity contribution in [1.29, 1.82) is 0 Å². The van der Waals surface area contributed by atoms with Crippen molar-refractivity contribution in [1.82, 2.24) is 0 Å². The van der Waals surface area contributed by atoms with Crippen LogP contribution in [0.15, 0.2) is 53.6 Å². The fraction of sp³-hybridized carbons (Fsp3) is 0.684. The highest BCUT2D eigenvalue weighted by Gasteiger charge is 2.56. The summed E-state index contributed by atoms with van der Waals surface area (Å²) in [6.45, 7) is 16.2. The molecule has 3 fully saturated rings. The molecule has 0 heterocycles. The standard InChI is InChI=1S/C38H58N2O2/c1-25(2)26(3)9-10-27(4)32-14-15-33-31-13-11-28-23-30(17-19-37(28,5)34(31)18-20-38(32,33)6)41-21-7-8-22-42-36-16-12-29(39)24-35(36)40/h9-13,16,24-27,30,32-34H,7-8,14-15,17-23,39-40H2,1-6H3/t26-,27?,30?,32?,33?,34?,37-,38+/m0/s1. The molecular formula is C38H58N2O2. The molecule has 4 nitrogen and oxygen atoms in total. The van der Waals surface area contributed by atoms with E-state index in [4.69, 9.17) is 20.9 Å². The van der Waals surface area contributed by atoms with E-state index in [2.05, 4.69) is 65.8 Å². The van der Waals surface area contributed by atoms with Gasteiger partial charge in [-0.25, -0.2) is 0 Å². The quantitative estimate of drug-likeness (QED) is 0.157. The van der Waals surface area contributed by atoms with Gasteiger partial charge in [0.1, 0.15) is 5.75 Å². The van der Waals surface area contributed by atoms with Crippen molar-refractivity contribution in [3.63, 3.8) is 0 Å². The maximum Gasteiger partial charge on any atom is 0.142 e. The first-order chi connectivity index (χ1) is 20.0. The molecule has 0 radical (unpaired) electrons. The van der Waals surface area contributed by atoms with Crippen LogP contribution in [0.25, 0.3) is 0 Å². The van der Waals surface area contributed by atoms with Crippen molar-refractivity contribution >= 4 is 11.4 Å². The van der Waals surface area contributed by atoms with Crippen molar-refractivity contribution in [2.75, 3.05) is 24.7 Å². The molecule has 0 amide bonds. The lowest BCUT2D eigenvalue weighted by molar-refractivity contribution is -0.000115. The first-order valence-corrected chi connectivity index (χ1v) is 17.0. The highest BCUT2D eigenvalue weighted by molar-refractivity contribution is 5.60. The Morgan fingerprint density at radius 1 is 0.905 bits per heavy atom. The highest BCUT2D eigenvalue weighted by atomic mass is 16.5. The van der Waals surface area contributed by atoms with Gasteiger partial charge in [0, 0.05) is 12.3 Å². The summed E-state index contributed by atoms with van der Waals surface area (Å²) in [5.41, 5.74) is 17.2. The maximum atomic E-state index is 6.42. The lowest BCUT2D eigenvalue weighted by Crippen LogP contribution is -2.46. The van der Waals surface area contributed by atoms with E-state index < -0.39 is 0 Å². The average Bonchev–Trinajstić information content (AvgIpc) is 3.31. The Kier molecular flexibility index (Phi) is 9.52. The van der Waals surface area contributed by atoms with Crippen LogP contribution in [0, 0.1) is 46.3 Å². The number of ether oxygens (including phenoxy) is 2. The molecule has 4 heteroatoms. The van der Waals surface area contributed by atoms with Crippen LogP contribution in [0.3, 0.4) is 0 Å². The molecule has 4 aliphatic rings. The van der Waals surface area contributed by atoms with Crippen LogP contribution in [0.5, 0.6) is 5.75 Å². The molecule has 5 unspecified atom stereocenters. The lowest BCUT2D eigenvalue weighted by Gasteiger charge is -2.55. The van der Waals surface area contributed by atoms with Crippen LogP contribution in [-0.4, -0.2) is 19.3 Å². The van der Waals surface area contributed by atoms with E-state index in [1.807, 2.05) is 12.1 Å². The van der Waals surface area contributed by atoms with Gasteiger partial charge in [0.25, 0.3) is 0 Å². The molecule has 0 spiro atoms. The molecule has 42 heavy (non-hydrogen) atoms. The highest BCUT2D eigenvalue weighted by Crippen LogP contribution is 2.66. The van der Waals surface area contributed by atoms with E-state index in [1.165, 1.54) is 38.5 Å². The minimum atomic E-state index is 0.314. The van der Waals surface area contributed by atoms with E-state index in [0.717, 1.165) is 43.6 Å². The second-order valence-corrected chi connectivity index (χ2v) is 15.0. The number of unbranched alkanes of at least 4 members (excludes halogenated alkanes) is 1. The molecule has 4 aliphatic carbocycles. The number of nitrogen functional groups attached to an aromatic ring is 2. The number of allylic oxidation sites excluding steroid dienone is 5. The van der Waals surface area contributed by atoms with Crippen LogP contribution in [0.4, 0.5) is 11.4 Å². The van der Waals surface area contributed by atoms with Crippen molar-refractivity contribution in [2.24, 2.45) is 46.3 Å². The fourth-order valence-corrected chi connectivity index (χ4v) is 9.06. The van der Waals surface area contributed by atoms with E-state index in [9.17, 15) is 0 Å². The van der Waals surface area contributed by atoms with Gasteiger partial charge in [0.15, 0.2) is 0 Å². The second-order valence-electron chi connectivity index (χ2n) is 15.0. The van der Waals surface area contributed by atoms with Gasteiger partial charge < -0.3 is 20.9 Å². The minimum absolute atomic E-state index is 0.314. The fourth-order valence-electron chi connectivity index (χ4n) is 9.06. The summed E-state index contributed by atoms with van der Waals surface area (Å²) in [5.74, 6) is 5.04. The SMILES string of the molecule is CC(C=C[C@H](C)C(C)C)C1CCC2C3=CC=C4CC(OCCCCOc5ccc(N)cc5N)CC[C@]4(C)C3CC[C@@]21C. The average molecular weight is 575 g/mol. The van der Waals surface area contributed by atoms with Crippen molar-refractivity contribution in [3.05, 3.63) is 53.6 Å². The second kappa shape index (κ2) is 12.8. The Balaban J connectivity index is 1.14. The van der Waals surface area contributed by atoms with Crippen molar-refractivity contribution in [2.45, 2.75) is 105 Å². The van der Waals surface area contributed by atoms with Crippen molar-refractivity contribution < 1.29 is 9.47 Å². The molecule has 0 aromatic heterocycles. The number of anilines is 2. The Morgan fingerprint density at radius 3 is 2.45 bits per heavy atom. The van der Waals surface area contributed by atoms with E-state index in [-0.39, 0.29) is 0 Å². The van der Waals surface area contributed by atoms with Gasteiger partial charge >= 0.3 is 0 Å². The van der Waals surface area contributed by atoms with Crippen LogP contribution >= 0.6 is 0 Å². The first kappa shape index (κ1) is 31.2. The van der Waals surface area contributed by atoms with E-state index in [1.54, 1.807) is 17.2 Å². The van der Waals surface area contributed by atoms with Gasteiger partial charge in [-0.1, -0.05) is 77.0 Å². The van der Waals surface area contributed by atoms with E-state index in [0.29, 0.717) is 58.4 Å². The molecule has 232 valence electrons. The Hall–Kier alpha value is -2.20. The van der Waals surface area contributed by atoms with Gasteiger partial charge in [-0.2, -0.15) is 0 Å². The zero-order valence-corrected chi connectivity index (χ0v) is 27.3. The summed E-state index contributed by atoms with van der Waals surface area (Å²) >= 11 is 0. The number of fused-ring (bicyclic) bond motifs is 5. The normalized spacial score (nSPS) is 33.9. The Labute approximate surface area is 256 Å². The zero-order valence-electron chi connectivity index (χ0n) is 27.3. The Morgan fingerprint density at radius 2 is 1.69 bits per heavy atom. The summed E-state index contributed by atoms with van der Waals surface area (Å²) in [4.78, 5) is 0. The monoisotopic (exact) mass is 574 g/mol. The third kappa shape index (κ3) is 6.21. The predicted octanol–water partition coefficient (Wildman–Crippen LogP) is 9.38. The summed E-state index contributed by atoms with van der Waals surface area (Å²) in [5, 5.41) is 0. The van der Waals surface area contributed by atoms with Gasteiger partial charge in [-0.15, -0.1) is 0 Å². The van der Waals surface area contributed by atoms with Crippen molar-refractivity contribution in [3.8, 4) is 5.75 Å². The molecule has 5 rings (SSSR count). The van der Waals surface area contributed by atoms with Crippen LogP contribution in [0.2, 0.25) is 0 Å². The maximum absolute atomic E-state index is 6.42.